The summed E-state index contributed by atoms with van der Waals surface area (Å²) in [6, 6.07) is 5.66. The lowest BCUT2D eigenvalue weighted by molar-refractivity contribution is -0.144. The Kier molecular flexibility index (Phi) is 4.99. The van der Waals surface area contributed by atoms with Crippen molar-refractivity contribution in [2.75, 3.05) is 31.1 Å². The quantitative estimate of drug-likeness (QED) is 0.771. The molecule has 2 aromatic rings. The molecule has 2 fully saturated rings. The highest BCUT2D eigenvalue weighted by Crippen LogP contribution is 2.33. The van der Waals surface area contributed by atoms with Crippen molar-refractivity contribution in [2.24, 2.45) is 0 Å². The van der Waals surface area contributed by atoms with Crippen LogP contribution in [-0.4, -0.2) is 53.5 Å². The third kappa shape index (κ3) is 3.69. The fourth-order valence-electron chi connectivity index (χ4n) is 3.89. The lowest BCUT2D eigenvalue weighted by atomic mass is 9.90. The van der Waals surface area contributed by atoms with Crippen LogP contribution in [0.2, 0.25) is 0 Å². The average Bonchev–Trinajstić information content (AvgIpc) is 2.70. The highest BCUT2D eigenvalue weighted by Gasteiger charge is 2.45. The van der Waals surface area contributed by atoms with E-state index in [2.05, 4.69) is 4.98 Å². The van der Waals surface area contributed by atoms with Crippen LogP contribution >= 0.6 is 0 Å². The number of hydrogen-bond donors (Lipinski definition) is 0. The molecule has 0 bridgehead atoms. The summed E-state index contributed by atoms with van der Waals surface area (Å²) in [5, 5.41) is 0. The summed E-state index contributed by atoms with van der Waals surface area (Å²) >= 11 is 0. The third-order valence-corrected chi connectivity index (χ3v) is 5.26. The summed E-state index contributed by atoms with van der Waals surface area (Å²) < 4.78 is 47.4. The van der Waals surface area contributed by atoms with Crippen molar-refractivity contribution >= 4 is 17.5 Å². The van der Waals surface area contributed by atoms with E-state index in [9.17, 15) is 22.8 Å². The van der Waals surface area contributed by atoms with Gasteiger partial charge >= 0.3 is 0 Å². The second-order valence-corrected chi connectivity index (χ2v) is 7.24. The number of ether oxygens (including phenoxy) is 1. The van der Waals surface area contributed by atoms with Gasteiger partial charge in [0.1, 0.15) is 23.6 Å². The zero-order chi connectivity index (χ0) is 20.6. The topological polar surface area (TPSA) is 62.7 Å². The molecule has 0 saturated carbocycles. The zero-order valence-electron chi connectivity index (χ0n) is 15.4. The van der Waals surface area contributed by atoms with E-state index in [1.807, 2.05) is 0 Å². The number of carbonyl (C=O) groups excluding carboxylic acids is 2. The number of piperidine rings is 1. The molecule has 1 aromatic heterocycles. The number of benzene rings is 1. The van der Waals surface area contributed by atoms with Gasteiger partial charge in [-0.3, -0.25) is 14.6 Å². The minimum atomic E-state index is -1.03. The number of rotatable bonds is 2. The number of carbonyl (C=O) groups is 2. The lowest BCUT2D eigenvalue weighted by Crippen LogP contribution is -2.62. The molecule has 1 spiro atoms. The number of amides is 2. The highest BCUT2D eigenvalue weighted by atomic mass is 19.1. The Balaban J connectivity index is 1.58. The first kappa shape index (κ1) is 19.4. The van der Waals surface area contributed by atoms with E-state index < -0.39 is 34.5 Å². The molecule has 0 N–H and O–H groups in total. The van der Waals surface area contributed by atoms with Crippen LogP contribution in [0, 0.1) is 17.5 Å². The van der Waals surface area contributed by atoms with Gasteiger partial charge in [0.15, 0.2) is 11.6 Å². The molecule has 1 aromatic carbocycles. The molecule has 4 rings (SSSR count). The van der Waals surface area contributed by atoms with Crippen molar-refractivity contribution in [1.82, 2.24) is 9.88 Å². The van der Waals surface area contributed by atoms with E-state index in [1.165, 1.54) is 28.0 Å². The first-order chi connectivity index (χ1) is 13.9. The maximum Gasteiger partial charge on any atom is 0.260 e. The van der Waals surface area contributed by atoms with Gasteiger partial charge in [0.25, 0.3) is 11.8 Å². The maximum absolute atomic E-state index is 14.0. The van der Waals surface area contributed by atoms with E-state index in [4.69, 9.17) is 4.74 Å². The smallest absolute Gasteiger partial charge is 0.260 e. The summed E-state index contributed by atoms with van der Waals surface area (Å²) in [7, 11) is 0. The predicted octanol–water partition coefficient (Wildman–Crippen LogP) is 2.54. The Hall–Kier alpha value is -2.94. The maximum atomic E-state index is 14.0. The molecule has 0 aliphatic carbocycles. The van der Waals surface area contributed by atoms with Crippen LogP contribution in [0.3, 0.4) is 0 Å². The largest absolute Gasteiger partial charge is 0.361 e. The Morgan fingerprint density at radius 2 is 1.90 bits per heavy atom. The van der Waals surface area contributed by atoms with Gasteiger partial charge in [-0.25, -0.2) is 13.2 Å². The molecule has 152 valence electrons. The first-order valence-electron chi connectivity index (χ1n) is 9.17. The molecule has 2 amide bonds. The monoisotopic (exact) mass is 405 g/mol. The van der Waals surface area contributed by atoms with Gasteiger partial charge in [0.2, 0.25) is 0 Å². The number of anilines is 1. The Bertz CT molecular complexity index is 951. The normalized spacial score (nSPS) is 22.2. The second-order valence-electron chi connectivity index (χ2n) is 7.24. The molecule has 9 heteroatoms. The molecule has 29 heavy (non-hydrogen) atoms. The Morgan fingerprint density at radius 3 is 2.62 bits per heavy atom. The standard InChI is InChI=1S/C20H18F3N3O3/c21-13-3-1-4-14(7-13)26-12-20(29-10-17(26)27)5-2-6-25(11-20)19(28)18-15(22)8-24-9-16(18)23/h1,3-4,7-9H,2,5-6,10-12H2. The Labute approximate surface area is 164 Å². The van der Waals surface area contributed by atoms with Crippen LogP contribution in [0.5, 0.6) is 0 Å². The van der Waals surface area contributed by atoms with Crippen molar-refractivity contribution in [1.29, 1.82) is 0 Å². The fourth-order valence-corrected chi connectivity index (χ4v) is 3.89. The van der Waals surface area contributed by atoms with Crippen molar-refractivity contribution in [3.05, 3.63) is 59.7 Å². The molecule has 0 radical (unpaired) electrons. The SMILES string of the molecule is O=C(c1c(F)cncc1F)N1CCCC2(C1)CN(c1cccc(F)c1)C(=O)CO2. The molecule has 2 aliphatic heterocycles. The first-order valence-corrected chi connectivity index (χ1v) is 9.17. The van der Waals surface area contributed by atoms with Gasteiger partial charge in [-0.1, -0.05) is 6.07 Å². The average molecular weight is 405 g/mol. The molecule has 1 atom stereocenters. The summed E-state index contributed by atoms with van der Waals surface area (Å²) in [6.45, 7) is 0.252. The van der Waals surface area contributed by atoms with Crippen LogP contribution in [0.25, 0.3) is 0 Å². The van der Waals surface area contributed by atoms with Crippen LogP contribution in [-0.2, 0) is 9.53 Å². The predicted molar refractivity (Wildman–Crippen MR) is 96.7 cm³/mol. The van der Waals surface area contributed by atoms with Gasteiger partial charge in [-0.05, 0) is 31.0 Å². The minimum absolute atomic E-state index is 0.0616. The highest BCUT2D eigenvalue weighted by molar-refractivity contribution is 5.96. The van der Waals surface area contributed by atoms with Gasteiger partial charge in [0, 0.05) is 12.2 Å². The number of halogens is 3. The summed E-state index contributed by atoms with van der Waals surface area (Å²) in [5.41, 5.74) is -1.16. The van der Waals surface area contributed by atoms with Crippen LogP contribution in [0.1, 0.15) is 23.2 Å². The summed E-state index contributed by atoms with van der Waals surface area (Å²) in [5.74, 6) is -3.65. The molecule has 2 aliphatic rings. The fraction of sp³-hybridized carbons (Fsp3) is 0.350. The number of morpholine rings is 1. The summed E-state index contributed by atoms with van der Waals surface area (Å²) in [6.07, 6.45) is 2.66. The Morgan fingerprint density at radius 1 is 1.14 bits per heavy atom. The second kappa shape index (κ2) is 7.47. The molecular formula is C20H18F3N3O3. The third-order valence-electron chi connectivity index (χ3n) is 5.26. The van der Waals surface area contributed by atoms with Crippen molar-refractivity contribution in [2.45, 2.75) is 18.4 Å². The number of hydrogen-bond acceptors (Lipinski definition) is 4. The van der Waals surface area contributed by atoms with Gasteiger partial charge in [0.05, 0.1) is 25.5 Å². The van der Waals surface area contributed by atoms with E-state index in [0.29, 0.717) is 25.1 Å². The van der Waals surface area contributed by atoms with E-state index >= 15 is 0 Å². The van der Waals surface area contributed by atoms with Gasteiger partial charge < -0.3 is 14.5 Å². The molecule has 6 nitrogen and oxygen atoms in total. The van der Waals surface area contributed by atoms with E-state index in [1.54, 1.807) is 6.07 Å². The van der Waals surface area contributed by atoms with Crippen molar-refractivity contribution in [3.8, 4) is 0 Å². The van der Waals surface area contributed by atoms with Crippen LogP contribution < -0.4 is 4.90 Å². The van der Waals surface area contributed by atoms with E-state index in [0.717, 1.165) is 12.4 Å². The van der Waals surface area contributed by atoms with Gasteiger partial charge in [-0.2, -0.15) is 0 Å². The molecule has 1 unspecified atom stereocenters. The van der Waals surface area contributed by atoms with E-state index in [-0.39, 0.29) is 25.6 Å². The van der Waals surface area contributed by atoms with Crippen molar-refractivity contribution < 1.29 is 27.5 Å². The number of likely N-dealkylation sites (tertiary alicyclic amines) is 1. The van der Waals surface area contributed by atoms with Crippen molar-refractivity contribution in [3.63, 3.8) is 0 Å². The van der Waals surface area contributed by atoms with Crippen LogP contribution in [0.4, 0.5) is 18.9 Å². The van der Waals surface area contributed by atoms with Gasteiger partial charge in [-0.15, -0.1) is 0 Å². The summed E-state index contributed by atoms with van der Waals surface area (Å²) in [4.78, 5) is 31.3. The molecule has 2 saturated heterocycles. The zero-order valence-corrected chi connectivity index (χ0v) is 15.4. The number of pyridine rings is 1. The number of nitrogens with zero attached hydrogens (tertiary/aromatic N) is 3. The molecule has 3 heterocycles. The minimum Gasteiger partial charge on any atom is -0.361 e. The van der Waals surface area contributed by atoms with Crippen LogP contribution in [0.15, 0.2) is 36.7 Å². The molecular weight excluding hydrogens is 387 g/mol. The number of aromatic nitrogens is 1. The lowest BCUT2D eigenvalue weighted by Gasteiger charge is -2.47.